The Morgan fingerprint density at radius 3 is 2.84 bits per heavy atom. The van der Waals surface area contributed by atoms with Crippen LogP contribution in [-0.4, -0.2) is 60.2 Å². The Bertz CT molecular complexity index is 550. The minimum atomic E-state index is 0.558. The standard InChI is InChI=1S/C19H33N5O/c1-3-17-12-18(25-22-17)13-21-19(20-4-2)24-11-8-16(15-24)14-23-9-6-5-7-10-23/h12,16H,3-11,13-15H2,1-2H3,(H,20,21). The highest BCUT2D eigenvalue weighted by Gasteiger charge is 2.27. The molecule has 3 rings (SSSR count). The molecule has 1 atom stereocenters. The van der Waals surface area contributed by atoms with Crippen LogP contribution in [0.15, 0.2) is 15.6 Å². The number of aromatic nitrogens is 1. The van der Waals surface area contributed by atoms with Crippen molar-refractivity contribution in [3.05, 3.63) is 17.5 Å². The van der Waals surface area contributed by atoms with E-state index in [-0.39, 0.29) is 0 Å². The van der Waals surface area contributed by atoms with Crippen molar-refractivity contribution in [2.45, 2.75) is 52.5 Å². The van der Waals surface area contributed by atoms with Crippen LogP contribution in [0.2, 0.25) is 0 Å². The topological polar surface area (TPSA) is 56.9 Å². The SMILES string of the molecule is CCNC(=NCc1cc(CC)no1)N1CCC(CN2CCCCC2)C1. The molecule has 1 aromatic heterocycles. The Labute approximate surface area is 151 Å². The van der Waals surface area contributed by atoms with Crippen molar-refractivity contribution in [1.82, 2.24) is 20.3 Å². The zero-order valence-corrected chi connectivity index (χ0v) is 15.8. The van der Waals surface area contributed by atoms with Crippen molar-refractivity contribution >= 4 is 5.96 Å². The summed E-state index contributed by atoms with van der Waals surface area (Å²) in [6, 6.07) is 2.01. The van der Waals surface area contributed by atoms with E-state index in [9.17, 15) is 0 Å². The van der Waals surface area contributed by atoms with Crippen LogP contribution in [0.3, 0.4) is 0 Å². The van der Waals surface area contributed by atoms with Crippen molar-refractivity contribution in [3.63, 3.8) is 0 Å². The molecule has 6 heteroatoms. The van der Waals surface area contributed by atoms with Gasteiger partial charge in [-0.15, -0.1) is 0 Å². The first kappa shape index (κ1) is 18.2. The summed E-state index contributed by atoms with van der Waals surface area (Å²) in [6.45, 7) is 11.7. The molecule has 0 saturated carbocycles. The first-order chi connectivity index (χ1) is 12.3. The second-order valence-electron chi connectivity index (χ2n) is 7.27. The van der Waals surface area contributed by atoms with E-state index < -0.39 is 0 Å². The van der Waals surface area contributed by atoms with Gasteiger partial charge in [0.1, 0.15) is 6.54 Å². The Balaban J connectivity index is 1.53. The molecule has 0 aromatic carbocycles. The van der Waals surface area contributed by atoms with E-state index >= 15 is 0 Å². The Hall–Kier alpha value is -1.56. The van der Waals surface area contributed by atoms with Gasteiger partial charge < -0.3 is 19.6 Å². The Kier molecular flexibility index (Phi) is 6.73. The molecule has 140 valence electrons. The molecule has 3 heterocycles. The Morgan fingerprint density at radius 2 is 2.12 bits per heavy atom. The van der Waals surface area contributed by atoms with Crippen LogP contribution >= 0.6 is 0 Å². The number of nitrogens with one attached hydrogen (secondary N) is 1. The molecule has 0 bridgehead atoms. The molecule has 6 nitrogen and oxygen atoms in total. The van der Waals surface area contributed by atoms with Crippen LogP contribution in [0.4, 0.5) is 0 Å². The van der Waals surface area contributed by atoms with Crippen molar-refractivity contribution < 1.29 is 4.52 Å². The number of hydrogen-bond donors (Lipinski definition) is 1. The lowest BCUT2D eigenvalue weighted by atomic mass is 10.1. The number of aliphatic imine (C=N–C) groups is 1. The number of piperidine rings is 1. The highest BCUT2D eigenvalue weighted by Crippen LogP contribution is 2.20. The number of nitrogens with zero attached hydrogens (tertiary/aromatic N) is 4. The maximum Gasteiger partial charge on any atom is 0.194 e. The minimum absolute atomic E-state index is 0.558. The predicted molar refractivity (Wildman–Crippen MR) is 101 cm³/mol. The smallest absolute Gasteiger partial charge is 0.194 e. The molecule has 25 heavy (non-hydrogen) atoms. The largest absolute Gasteiger partial charge is 0.359 e. The molecule has 2 aliphatic rings. The third kappa shape index (κ3) is 5.21. The van der Waals surface area contributed by atoms with Crippen LogP contribution in [0.25, 0.3) is 0 Å². The van der Waals surface area contributed by atoms with Gasteiger partial charge in [-0.25, -0.2) is 4.99 Å². The van der Waals surface area contributed by atoms with Gasteiger partial charge in [0.2, 0.25) is 0 Å². The fraction of sp³-hybridized carbons (Fsp3) is 0.789. The molecule has 0 aliphatic carbocycles. The summed E-state index contributed by atoms with van der Waals surface area (Å²) in [5, 5.41) is 7.49. The molecule has 1 unspecified atom stereocenters. The van der Waals surface area contributed by atoms with Gasteiger partial charge in [-0.2, -0.15) is 0 Å². The zero-order chi connectivity index (χ0) is 17.5. The molecule has 0 amide bonds. The molecular formula is C19H33N5O. The van der Waals surface area contributed by atoms with Crippen LogP contribution in [-0.2, 0) is 13.0 Å². The van der Waals surface area contributed by atoms with Crippen molar-refractivity contribution in [2.24, 2.45) is 10.9 Å². The summed E-state index contributed by atoms with van der Waals surface area (Å²) in [7, 11) is 0. The average molecular weight is 348 g/mol. The van der Waals surface area contributed by atoms with E-state index in [4.69, 9.17) is 9.52 Å². The molecule has 0 spiro atoms. The Morgan fingerprint density at radius 1 is 1.28 bits per heavy atom. The maximum atomic E-state index is 5.36. The number of likely N-dealkylation sites (tertiary alicyclic amines) is 2. The lowest BCUT2D eigenvalue weighted by Gasteiger charge is -2.29. The van der Waals surface area contributed by atoms with Gasteiger partial charge in [0.25, 0.3) is 0 Å². The average Bonchev–Trinajstić information content (AvgIpc) is 3.29. The number of aryl methyl sites for hydroxylation is 1. The predicted octanol–water partition coefficient (Wildman–Crippen LogP) is 2.51. The van der Waals surface area contributed by atoms with Gasteiger partial charge in [0, 0.05) is 32.2 Å². The van der Waals surface area contributed by atoms with Crippen LogP contribution in [0.1, 0.15) is 51.0 Å². The van der Waals surface area contributed by atoms with Gasteiger partial charge in [0.15, 0.2) is 11.7 Å². The normalized spacial score (nSPS) is 22.6. The molecule has 1 aromatic rings. The highest BCUT2D eigenvalue weighted by molar-refractivity contribution is 5.80. The fourth-order valence-corrected chi connectivity index (χ4v) is 3.86. The van der Waals surface area contributed by atoms with Crippen molar-refractivity contribution in [1.29, 1.82) is 0 Å². The van der Waals surface area contributed by atoms with Gasteiger partial charge in [-0.05, 0) is 51.6 Å². The van der Waals surface area contributed by atoms with E-state index in [2.05, 4.69) is 34.1 Å². The van der Waals surface area contributed by atoms with E-state index in [1.807, 2.05) is 6.07 Å². The maximum absolute atomic E-state index is 5.36. The second-order valence-corrected chi connectivity index (χ2v) is 7.27. The van der Waals surface area contributed by atoms with E-state index in [1.54, 1.807) is 0 Å². The third-order valence-electron chi connectivity index (χ3n) is 5.24. The molecule has 2 aliphatic heterocycles. The summed E-state index contributed by atoms with van der Waals surface area (Å²) in [6.07, 6.45) is 6.32. The highest BCUT2D eigenvalue weighted by atomic mass is 16.5. The summed E-state index contributed by atoms with van der Waals surface area (Å²) in [5.74, 6) is 2.62. The molecular weight excluding hydrogens is 314 g/mol. The minimum Gasteiger partial charge on any atom is -0.359 e. The van der Waals surface area contributed by atoms with Crippen molar-refractivity contribution in [3.8, 4) is 0 Å². The van der Waals surface area contributed by atoms with Crippen molar-refractivity contribution in [2.75, 3.05) is 39.3 Å². The van der Waals surface area contributed by atoms with Crippen LogP contribution in [0, 0.1) is 5.92 Å². The zero-order valence-electron chi connectivity index (χ0n) is 15.8. The summed E-state index contributed by atoms with van der Waals surface area (Å²) >= 11 is 0. The fourth-order valence-electron chi connectivity index (χ4n) is 3.86. The number of guanidine groups is 1. The summed E-state index contributed by atoms with van der Waals surface area (Å²) < 4.78 is 5.36. The summed E-state index contributed by atoms with van der Waals surface area (Å²) in [4.78, 5) is 9.85. The first-order valence-corrected chi connectivity index (χ1v) is 9.98. The van der Waals surface area contributed by atoms with Gasteiger partial charge in [0.05, 0.1) is 5.69 Å². The monoisotopic (exact) mass is 347 g/mol. The second kappa shape index (κ2) is 9.22. The quantitative estimate of drug-likeness (QED) is 0.633. The van der Waals surface area contributed by atoms with E-state index in [0.29, 0.717) is 6.54 Å². The third-order valence-corrected chi connectivity index (χ3v) is 5.24. The first-order valence-electron chi connectivity index (χ1n) is 9.98. The van der Waals surface area contributed by atoms with Gasteiger partial charge >= 0.3 is 0 Å². The number of hydrogen-bond acceptors (Lipinski definition) is 4. The summed E-state index contributed by atoms with van der Waals surface area (Å²) in [5.41, 5.74) is 0.998. The molecule has 1 N–H and O–H groups in total. The van der Waals surface area contributed by atoms with Crippen LogP contribution in [0.5, 0.6) is 0 Å². The molecule has 2 fully saturated rings. The number of rotatable bonds is 6. The van der Waals surface area contributed by atoms with Gasteiger partial charge in [-0.1, -0.05) is 18.5 Å². The van der Waals surface area contributed by atoms with Crippen LogP contribution < -0.4 is 5.32 Å². The lowest BCUT2D eigenvalue weighted by Crippen LogP contribution is -2.41. The van der Waals surface area contributed by atoms with E-state index in [0.717, 1.165) is 49.4 Å². The molecule has 2 saturated heterocycles. The van der Waals surface area contributed by atoms with E-state index in [1.165, 1.54) is 45.3 Å². The lowest BCUT2D eigenvalue weighted by molar-refractivity contribution is 0.198. The van der Waals surface area contributed by atoms with Gasteiger partial charge in [-0.3, -0.25) is 0 Å². The molecule has 0 radical (unpaired) electrons.